The number of nitrogens with one attached hydrogen (secondary N) is 1. The van der Waals surface area contributed by atoms with Crippen LogP contribution in [0.25, 0.3) is 38.6 Å². The molecule has 1 N–H and O–H groups in total. The molecule has 13 heteroatoms. The summed E-state index contributed by atoms with van der Waals surface area (Å²) in [7, 11) is 2.69. The zero-order valence-corrected chi connectivity index (χ0v) is 21.8. The van der Waals surface area contributed by atoms with Gasteiger partial charge in [-0.2, -0.15) is 0 Å². The number of rotatable bonds is 3. The van der Waals surface area contributed by atoms with Crippen molar-refractivity contribution < 1.29 is 0 Å². The second-order valence-corrected chi connectivity index (χ2v) is 23.7. The average Bonchev–Trinajstić information content (AvgIpc) is 3.85. The van der Waals surface area contributed by atoms with E-state index >= 15 is 0 Å². The Labute approximate surface area is 219 Å². The number of benzene rings is 4. The van der Waals surface area contributed by atoms with Gasteiger partial charge in [-0.25, -0.2) is 0 Å². The molecule has 5 aromatic rings. The fraction of sp³-hybridized carbons (Fsp3) is 0. The maximum atomic E-state index is 4.63. The molecular weight excluding hydrogens is 476 g/mol. The van der Waals surface area contributed by atoms with Crippen molar-refractivity contribution in [2.75, 3.05) is 0 Å². The summed E-state index contributed by atoms with van der Waals surface area (Å²) in [6.07, 6.45) is 1.40. The summed E-state index contributed by atoms with van der Waals surface area (Å²) in [6.45, 7) is 5.83. The SMILES string of the molecule is [B]1B2B3[B-]P123NP12(c3ccc4c(c3)c3cccc5c3n4-c3cccc4c3B5c3ccccc3-4)B3[B-]B1B32. The predicted molar refractivity (Wildman–Crippen MR) is 174 cm³/mol. The summed E-state index contributed by atoms with van der Waals surface area (Å²) >= 11 is 0. The molecule has 0 amide bonds. The van der Waals surface area contributed by atoms with Crippen LogP contribution in [0.15, 0.2) is 78.9 Å². The Kier molecular flexibility index (Phi) is 2.34. The van der Waals surface area contributed by atoms with Crippen LogP contribution >= 0.6 is 12.7 Å². The van der Waals surface area contributed by atoms with Crippen LogP contribution in [0.4, 0.5) is 0 Å². The van der Waals surface area contributed by atoms with Gasteiger partial charge in [0.2, 0.25) is 0 Å². The number of aromatic nitrogens is 1. The van der Waals surface area contributed by atoms with Gasteiger partial charge in [-0.1, -0.05) is 0 Å². The van der Waals surface area contributed by atoms with Gasteiger partial charge in [-0.05, 0) is 0 Å². The molecule has 0 unspecified atom stereocenters. The summed E-state index contributed by atoms with van der Waals surface area (Å²) in [5, 5.41) is 4.62. The van der Waals surface area contributed by atoms with Gasteiger partial charge in [-0.15, -0.1) is 0 Å². The van der Waals surface area contributed by atoms with Crippen molar-refractivity contribution in [3.63, 3.8) is 0 Å². The van der Waals surface area contributed by atoms with Crippen molar-refractivity contribution in [3.8, 4) is 16.8 Å². The third kappa shape index (κ3) is 1.44. The summed E-state index contributed by atoms with van der Waals surface area (Å²) in [5.41, 5.74) is 11.5. The van der Waals surface area contributed by atoms with Crippen LogP contribution in [0, 0.1) is 0 Å². The van der Waals surface area contributed by atoms with Crippen molar-refractivity contribution in [1.29, 1.82) is 0 Å². The molecule has 2 nitrogen and oxygen atoms in total. The molecular formula is C24H14B9N2P2-2. The van der Waals surface area contributed by atoms with Crippen LogP contribution in [-0.4, -0.2) is 63.2 Å². The molecule has 0 saturated carbocycles. The van der Waals surface area contributed by atoms with E-state index in [4.69, 9.17) is 0 Å². The molecule has 159 valence electrons. The third-order valence-electron chi connectivity index (χ3n) is 12.5. The van der Waals surface area contributed by atoms with Crippen molar-refractivity contribution in [2.24, 2.45) is 0 Å². The van der Waals surface area contributed by atoms with Gasteiger partial charge in [0.25, 0.3) is 0 Å². The zero-order valence-electron chi connectivity index (χ0n) is 20.0. The second-order valence-electron chi connectivity index (χ2n) is 13.3. The molecule has 7 saturated heterocycles. The van der Waals surface area contributed by atoms with Gasteiger partial charge in [0, 0.05) is 0 Å². The van der Waals surface area contributed by atoms with E-state index < -0.39 is 12.7 Å². The molecule has 0 aliphatic carbocycles. The first-order valence-electron chi connectivity index (χ1n) is 13.9. The van der Waals surface area contributed by atoms with E-state index in [1.807, 2.05) is 0 Å². The van der Waals surface area contributed by atoms with Crippen molar-refractivity contribution in [1.82, 2.24) is 9.42 Å². The molecule has 9 aliphatic rings. The number of para-hydroxylation sites is 1. The van der Waals surface area contributed by atoms with Crippen LogP contribution in [0.3, 0.4) is 0 Å². The van der Waals surface area contributed by atoms with Crippen molar-refractivity contribution >= 4 is 115 Å². The van der Waals surface area contributed by atoms with Gasteiger partial charge in [0.15, 0.2) is 0 Å². The summed E-state index contributed by atoms with van der Waals surface area (Å²) in [5.74, 6) is 0. The van der Waals surface area contributed by atoms with Crippen LogP contribution in [0.1, 0.15) is 0 Å². The van der Waals surface area contributed by atoms with Gasteiger partial charge in [0.1, 0.15) is 0 Å². The van der Waals surface area contributed by atoms with Gasteiger partial charge in [-0.3, -0.25) is 0 Å². The summed E-state index contributed by atoms with van der Waals surface area (Å²) in [6, 6.07) is 30.9. The van der Waals surface area contributed by atoms with Crippen molar-refractivity contribution in [2.45, 2.75) is 0 Å². The fourth-order valence-electron chi connectivity index (χ4n) is 10.4. The number of nitrogens with zero attached hydrogens (tertiary/aromatic N) is 1. The number of fused-ring (bicyclic) bond motifs is 9. The molecule has 4 aromatic carbocycles. The standard InChI is InChI=1S/C24H14B9N2P2/c1-2-8-19-15(5-1)16-6-4-10-22-23(16)28(19)20-9-3-7-17-18-13-14(11-12-21(18)35(22)24(17)20)36(29-25-30(36)33(29)36)34-37-26-31(37)32(37)27-37/h1-13,34H/q-2. The first-order valence-corrected chi connectivity index (χ1v) is 18.9. The third-order valence-corrected chi connectivity index (χ3v) is 26.9. The van der Waals surface area contributed by atoms with E-state index in [-0.39, 0.29) is 0 Å². The molecule has 9 aliphatic heterocycles. The summed E-state index contributed by atoms with van der Waals surface area (Å²) in [4.78, 5) is 4.63. The van der Waals surface area contributed by atoms with E-state index in [9.17, 15) is 0 Å². The van der Waals surface area contributed by atoms with Gasteiger partial charge in [0.05, 0.1) is 0 Å². The Balaban J connectivity index is 1.12. The molecule has 0 atom stereocenters. The Bertz CT molecular complexity index is 2090. The first kappa shape index (κ1) is 18.4. The van der Waals surface area contributed by atoms with E-state index in [1.165, 1.54) is 55.0 Å². The second kappa shape index (κ2) is 4.70. The molecule has 2 bridgehead atoms. The molecule has 37 heavy (non-hydrogen) atoms. The Morgan fingerprint density at radius 1 is 0.811 bits per heavy atom. The zero-order chi connectivity index (χ0) is 23.3. The molecule has 10 heterocycles. The minimum atomic E-state index is -1.88. The number of hydrogen-bond acceptors (Lipinski definition) is 1. The van der Waals surface area contributed by atoms with E-state index in [0.717, 1.165) is 31.1 Å². The summed E-state index contributed by atoms with van der Waals surface area (Å²) < 4.78 is 2.61. The van der Waals surface area contributed by atoms with Crippen LogP contribution in [0.2, 0.25) is 0 Å². The van der Waals surface area contributed by atoms with Crippen LogP contribution in [0.5, 0.6) is 0 Å². The first-order chi connectivity index (χ1) is 18.2. The quantitative estimate of drug-likeness (QED) is 0.289. The molecule has 1 aromatic heterocycles. The van der Waals surface area contributed by atoms with Gasteiger partial charge >= 0.3 is 220 Å². The monoisotopic (exact) mass is 491 g/mol. The Morgan fingerprint density at radius 2 is 1.62 bits per heavy atom. The average molecular weight is 490 g/mol. The fourth-order valence-corrected chi connectivity index (χ4v) is 29.6. The normalized spacial score (nSPS) is 27.4. The Morgan fingerprint density at radius 3 is 2.41 bits per heavy atom. The number of hydrogen-bond donors (Lipinski definition) is 1. The molecule has 5 radical (unpaired) electrons. The maximum absolute atomic E-state index is 4.63. The van der Waals surface area contributed by atoms with E-state index in [2.05, 4.69) is 109 Å². The van der Waals surface area contributed by atoms with E-state index in [0.29, 0.717) is 6.71 Å². The Hall–Kier alpha value is -1.92. The topological polar surface area (TPSA) is 17.0 Å². The van der Waals surface area contributed by atoms with Crippen LogP contribution in [-0.2, 0) is 0 Å². The predicted octanol–water partition coefficient (Wildman–Crippen LogP) is 0.949. The molecule has 7 fully saturated rings. The molecule has 14 rings (SSSR count). The van der Waals surface area contributed by atoms with E-state index in [1.54, 1.807) is 5.30 Å². The minimum absolute atomic E-state index is 0.338. The van der Waals surface area contributed by atoms with Crippen LogP contribution < -0.4 is 26.6 Å². The van der Waals surface area contributed by atoms with Crippen molar-refractivity contribution in [3.05, 3.63) is 78.9 Å². The molecule has 1 spiro atoms. The van der Waals surface area contributed by atoms with Gasteiger partial charge < -0.3 is 0 Å².